The molecule has 1 aromatic carbocycles. The molecule has 0 amide bonds. The van der Waals surface area contributed by atoms with E-state index in [4.69, 9.17) is 11.6 Å². The van der Waals surface area contributed by atoms with Gasteiger partial charge in [-0.2, -0.15) is 5.10 Å². The van der Waals surface area contributed by atoms with E-state index in [9.17, 15) is 4.39 Å². The Morgan fingerprint density at radius 2 is 2.05 bits per heavy atom. The topological polar surface area (TPSA) is 17.8 Å². The number of nitrogens with zero attached hydrogens (tertiary/aromatic N) is 2. The van der Waals surface area contributed by atoms with Crippen LogP contribution < -0.4 is 0 Å². The van der Waals surface area contributed by atoms with Crippen LogP contribution in [0.4, 0.5) is 4.39 Å². The van der Waals surface area contributed by atoms with Crippen molar-refractivity contribution in [1.82, 2.24) is 9.78 Å². The molecule has 20 heavy (non-hydrogen) atoms. The number of hydrogen-bond acceptors (Lipinski definition) is 1. The molecule has 2 nitrogen and oxygen atoms in total. The zero-order valence-electron chi connectivity index (χ0n) is 11.6. The molecule has 0 spiro atoms. The van der Waals surface area contributed by atoms with Gasteiger partial charge in [0.1, 0.15) is 5.82 Å². The van der Waals surface area contributed by atoms with Crippen molar-refractivity contribution < 1.29 is 4.39 Å². The van der Waals surface area contributed by atoms with Gasteiger partial charge in [0.2, 0.25) is 0 Å². The predicted molar refractivity (Wildman–Crippen MR) is 83.7 cm³/mol. The summed E-state index contributed by atoms with van der Waals surface area (Å²) >= 11 is 9.35. The van der Waals surface area contributed by atoms with Gasteiger partial charge >= 0.3 is 0 Å². The van der Waals surface area contributed by atoms with Crippen molar-refractivity contribution in [2.75, 3.05) is 0 Å². The summed E-state index contributed by atoms with van der Waals surface area (Å²) in [5.41, 5.74) is 4.16. The van der Waals surface area contributed by atoms with E-state index in [1.807, 2.05) is 10.7 Å². The first-order chi connectivity index (χ1) is 9.62. The largest absolute Gasteiger partial charge is 0.265 e. The molecule has 108 valence electrons. The van der Waals surface area contributed by atoms with Crippen LogP contribution >= 0.6 is 27.5 Å². The van der Waals surface area contributed by atoms with E-state index < -0.39 is 0 Å². The highest BCUT2D eigenvalue weighted by molar-refractivity contribution is 9.10. The lowest BCUT2D eigenvalue weighted by Crippen LogP contribution is -2.07. The van der Waals surface area contributed by atoms with E-state index >= 15 is 0 Å². The highest BCUT2D eigenvalue weighted by Gasteiger charge is 2.16. The van der Waals surface area contributed by atoms with E-state index in [0.29, 0.717) is 16.9 Å². The zero-order chi connectivity index (χ0) is 14.7. The SMILES string of the molecule is CCc1nn(Cc2cccc(F)c2Br)c(CC)c1CCl. The minimum Gasteiger partial charge on any atom is -0.265 e. The average Bonchev–Trinajstić information content (AvgIpc) is 2.80. The Balaban J connectivity index is 2.43. The summed E-state index contributed by atoms with van der Waals surface area (Å²) in [5.74, 6) is 0.220. The molecule has 2 rings (SSSR count). The zero-order valence-corrected chi connectivity index (χ0v) is 13.9. The summed E-state index contributed by atoms with van der Waals surface area (Å²) in [6.45, 7) is 4.70. The fraction of sp³-hybridized carbons (Fsp3) is 0.400. The van der Waals surface area contributed by atoms with E-state index in [0.717, 1.165) is 35.4 Å². The summed E-state index contributed by atoms with van der Waals surface area (Å²) < 4.78 is 16.0. The van der Waals surface area contributed by atoms with Crippen LogP contribution in [0.3, 0.4) is 0 Å². The average molecular weight is 360 g/mol. The summed E-state index contributed by atoms with van der Waals surface area (Å²) in [6.07, 6.45) is 1.72. The third kappa shape index (κ3) is 2.91. The number of rotatable bonds is 5. The van der Waals surface area contributed by atoms with Crippen LogP contribution in [-0.2, 0) is 25.3 Å². The Kier molecular flexibility index (Phi) is 5.22. The Labute approximate surface area is 132 Å². The van der Waals surface area contributed by atoms with E-state index in [1.165, 1.54) is 6.07 Å². The molecular formula is C15H17BrClFN2. The maximum atomic E-state index is 13.6. The molecule has 0 bridgehead atoms. The van der Waals surface area contributed by atoms with Crippen molar-refractivity contribution in [2.24, 2.45) is 0 Å². The van der Waals surface area contributed by atoms with Crippen LogP contribution in [0.25, 0.3) is 0 Å². The van der Waals surface area contributed by atoms with Gasteiger partial charge in [-0.1, -0.05) is 26.0 Å². The molecule has 0 saturated carbocycles. The molecule has 0 aliphatic carbocycles. The Morgan fingerprint density at radius 3 is 2.65 bits per heavy atom. The van der Waals surface area contributed by atoms with Gasteiger partial charge in [0.05, 0.1) is 22.6 Å². The molecule has 0 atom stereocenters. The summed E-state index contributed by atoms with van der Waals surface area (Å²) in [4.78, 5) is 0. The number of aryl methyl sites for hydroxylation is 1. The van der Waals surface area contributed by atoms with Crippen LogP contribution in [0.1, 0.15) is 36.4 Å². The van der Waals surface area contributed by atoms with Gasteiger partial charge in [0, 0.05) is 11.3 Å². The predicted octanol–water partition coefficient (Wildman–Crippen LogP) is 4.70. The van der Waals surface area contributed by atoms with Crippen molar-refractivity contribution in [2.45, 2.75) is 39.1 Å². The van der Waals surface area contributed by atoms with Crippen molar-refractivity contribution >= 4 is 27.5 Å². The van der Waals surface area contributed by atoms with Crippen molar-refractivity contribution in [3.05, 3.63) is 51.0 Å². The fourth-order valence-electron chi connectivity index (χ4n) is 2.39. The molecule has 0 unspecified atom stereocenters. The minimum absolute atomic E-state index is 0.249. The van der Waals surface area contributed by atoms with E-state index in [2.05, 4.69) is 34.9 Å². The first kappa shape index (κ1) is 15.5. The summed E-state index contributed by atoms with van der Waals surface area (Å²) in [7, 11) is 0. The molecule has 5 heteroatoms. The van der Waals surface area contributed by atoms with Crippen molar-refractivity contribution in [3.63, 3.8) is 0 Å². The normalized spacial score (nSPS) is 11.1. The number of hydrogen-bond donors (Lipinski definition) is 0. The minimum atomic E-state index is -0.249. The first-order valence-corrected chi connectivity index (χ1v) is 8.01. The molecule has 0 fully saturated rings. The second-order valence-electron chi connectivity index (χ2n) is 4.58. The molecule has 0 saturated heterocycles. The van der Waals surface area contributed by atoms with Gasteiger partial charge < -0.3 is 0 Å². The number of benzene rings is 1. The number of halogens is 3. The quantitative estimate of drug-likeness (QED) is 0.708. The Hall–Kier alpha value is -0.870. The number of aromatic nitrogens is 2. The maximum absolute atomic E-state index is 13.6. The van der Waals surface area contributed by atoms with Crippen LogP contribution in [0.5, 0.6) is 0 Å². The summed E-state index contributed by atoms with van der Waals surface area (Å²) in [6, 6.07) is 5.06. The molecular weight excluding hydrogens is 343 g/mol. The van der Waals surface area contributed by atoms with Gasteiger partial charge in [-0.3, -0.25) is 4.68 Å². The highest BCUT2D eigenvalue weighted by Crippen LogP contribution is 2.24. The third-order valence-corrected chi connectivity index (χ3v) is 4.56. The van der Waals surface area contributed by atoms with Crippen molar-refractivity contribution in [1.29, 1.82) is 0 Å². The van der Waals surface area contributed by atoms with Crippen LogP contribution in [-0.4, -0.2) is 9.78 Å². The Morgan fingerprint density at radius 1 is 1.30 bits per heavy atom. The van der Waals surface area contributed by atoms with Gasteiger partial charge in [-0.25, -0.2) is 4.39 Å². The summed E-state index contributed by atoms with van der Waals surface area (Å²) in [5, 5.41) is 4.63. The van der Waals surface area contributed by atoms with E-state index in [-0.39, 0.29) is 5.82 Å². The van der Waals surface area contributed by atoms with Gasteiger partial charge in [0.25, 0.3) is 0 Å². The molecule has 1 heterocycles. The van der Waals surface area contributed by atoms with Gasteiger partial charge in [0.15, 0.2) is 0 Å². The highest BCUT2D eigenvalue weighted by atomic mass is 79.9. The lowest BCUT2D eigenvalue weighted by Gasteiger charge is -2.09. The second-order valence-corrected chi connectivity index (χ2v) is 5.64. The fourth-order valence-corrected chi connectivity index (χ4v) is 3.08. The molecule has 1 aromatic heterocycles. The molecule has 0 aliphatic rings. The van der Waals surface area contributed by atoms with Crippen molar-refractivity contribution in [3.8, 4) is 0 Å². The van der Waals surface area contributed by atoms with Gasteiger partial charge in [-0.05, 0) is 40.4 Å². The second kappa shape index (κ2) is 6.72. The third-order valence-electron chi connectivity index (χ3n) is 3.40. The monoisotopic (exact) mass is 358 g/mol. The van der Waals surface area contributed by atoms with Crippen LogP contribution in [0.15, 0.2) is 22.7 Å². The maximum Gasteiger partial charge on any atom is 0.137 e. The van der Waals surface area contributed by atoms with Gasteiger partial charge in [-0.15, -0.1) is 11.6 Å². The molecule has 0 radical (unpaired) electrons. The van der Waals surface area contributed by atoms with Crippen LogP contribution in [0, 0.1) is 5.82 Å². The smallest absolute Gasteiger partial charge is 0.137 e. The first-order valence-electron chi connectivity index (χ1n) is 6.68. The Bertz CT molecular complexity index is 610. The molecule has 0 aliphatic heterocycles. The molecule has 0 N–H and O–H groups in total. The van der Waals surface area contributed by atoms with E-state index in [1.54, 1.807) is 6.07 Å². The number of alkyl halides is 1. The van der Waals surface area contributed by atoms with Crippen LogP contribution in [0.2, 0.25) is 0 Å². The lowest BCUT2D eigenvalue weighted by atomic mass is 10.1. The molecule has 2 aromatic rings. The lowest BCUT2D eigenvalue weighted by molar-refractivity contribution is 0.604. The standard InChI is InChI=1S/C15H17BrClFN2/c1-3-13-11(8-17)14(4-2)20(19-13)9-10-6-5-7-12(18)15(10)16/h5-7H,3-4,8-9H2,1-2H3.